The molecule has 0 aliphatic rings. The van der Waals surface area contributed by atoms with Crippen molar-refractivity contribution >= 4 is 27.8 Å². The van der Waals surface area contributed by atoms with Gasteiger partial charge in [-0.15, -0.1) is 5.10 Å². The minimum absolute atomic E-state index is 0.107. The lowest BCUT2D eigenvalue weighted by atomic mass is 10.2. The van der Waals surface area contributed by atoms with Crippen molar-refractivity contribution in [2.24, 2.45) is 0 Å². The molecule has 0 saturated heterocycles. The molecule has 1 heterocycles. The van der Waals surface area contributed by atoms with Crippen molar-refractivity contribution in [2.75, 3.05) is 11.9 Å². The van der Waals surface area contributed by atoms with Gasteiger partial charge in [0.05, 0.1) is 0 Å². The van der Waals surface area contributed by atoms with Crippen LogP contribution in [0.3, 0.4) is 0 Å². The summed E-state index contributed by atoms with van der Waals surface area (Å²) in [6.07, 6.45) is 0. The van der Waals surface area contributed by atoms with Crippen molar-refractivity contribution in [1.82, 2.24) is 15.2 Å². The van der Waals surface area contributed by atoms with Crippen LogP contribution in [0.1, 0.15) is 5.56 Å². The number of para-hydroxylation sites is 1. The van der Waals surface area contributed by atoms with E-state index in [-0.39, 0.29) is 18.5 Å². The van der Waals surface area contributed by atoms with Crippen LogP contribution < -0.4 is 10.1 Å². The number of amides is 1. The second kappa shape index (κ2) is 7.27. The molecule has 3 aromatic rings. The normalized spacial score (nSPS) is 10.4. The van der Waals surface area contributed by atoms with Crippen molar-refractivity contribution in [3.8, 4) is 17.1 Å². The maximum Gasteiger partial charge on any atom is 0.264 e. The molecule has 0 fully saturated rings. The van der Waals surface area contributed by atoms with E-state index in [2.05, 4.69) is 36.4 Å². The Hall–Kier alpha value is -2.67. The summed E-state index contributed by atoms with van der Waals surface area (Å²) in [5, 5.41) is 9.41. The zero-order valence-corrected chi connectivity index (χ0v) is 14.5. The number of ether oxygens (including phenoxy) is 1. The van der Waals surface area contributed by atoms with Crippen molar-refractivity contribution < 1.29 is 9.53 Å². The van der Waals surface area contributed by atoms with Crippen molar-refractivity contribution in [1.29, 1.82) is 0 Å². The van der Waals surface area contributed by atoms with Crippen molar-refractivity contribution in [2.45, 2.75) is 6.92 Å². The fourth-order valence-electron chi connectivity index (χ4n) is 2.11. The molecule has 122 valence electrons. The number of benzene rings is 2. The molecule has 0 bridgehead atoms. The minimum atomic E-state index is -0.323. The van der Waals surface area contributed by atoms with Gasteiger partial charge >= 0.3 is 0 Å². The number of hydrogen-bond acceptors (Lipinski definition) is 4. The lowest BCUT2D eigenvalue weighted by Crippen LogP contribution is -2.21. The van der Waals surface area contributed by atoms with Crippen molar-refractivity contribution in [3.63, 3.8) is 0 Å². The van der Waals surface area contributed by atoms with Crippen LogP contribution in [0.2, 0.25) is 0 Å². The first-order valence-corrected chi connectivity index (χ1v) is 8.08. The number of aryl methyl sites for hydroxylation is 1. The van der Waals surface area contributed by atoms with Gasteiger partial charge in [-0.3, -0.25) is 15.2 Å². The highest BCUT2D eigenvalue weighted by Gasteiger charge is 2.11. The molecule has 2 aromatic carbocycles. The van der Waals surface area contributed by atoms with E-state index < -0.39 is 0 Å². The standard InChI is InChI=1S/C17H15BrN4O2/c1-11-6-2-5-9-14(11)24-10-15(23)19-17-20-16(21-22-17)12-7-3-4-8-13(12)18/h2-9H,10H2,1H3,(H2,19,20,21,22,23). The Kier molecular flexibility index (Phi) is 4.90. The molecule has 0 aliphatic carbocycles. The number of anilines is 1. The average molecular weight is 387 g/mol. The molecule has 0 radical (unpaired) electrons. The molecule has 7 heteroatoms. The highest BCUT2D eigenvalue weighted by molar-refractivity contribution is 9.10. The van der Waals surface area contributed by atoms with Crippen LogP contribution >= 0.6 is 15.9 Å². The number of rotatable bonds is 5. The third-order valence-electron chi connectivity index (χ3n) is 3.32. The van der Waals surface area contributed by atoms with E-state index in [1.165, 1.54) is 0 Å². The Morgan fingerprint density at radius 1 is 1.21 bits per heavy atom. The monoisotopic (exact) mass is 386 g/mol. The Labute approximate surface area is 147 Å². The van der Waals surface area contributed by atoms with E-state index in [1.807, 2.05) is 55.5 Å². The number of H-pyrrole nitrogens is 1. The number of carbonyl (C=O) groups excluding carboxylic acids is 1. The summed E-state index contributed by atoms with van der Waals surface area (Å²) in [6, 6.07) is 15.1. The number of aromatic amines is 1. The van der Waals surface area contributed by atoms with Crippen LogP contribution in [0.15, 0.2) is 53.0 Å². The maximum atomic E-state index is 12.0. The summed E-state index contributed by atoms with van der Waals surface area (Å²) in [7, 11) is 0. The lowest BCUT2D eigenvalue weighted by Gasteiger charge is -2.07. The molecule has 0 aliphatic heterocycles. The van der Waals surface area contributed by atoms with Gasteiger partial charge < -0.3 is 4.74 Å². The fourth-order valence-corrected chi connectivity index (χ4v) is 2.59. The summed E-state index contributed by atoms with van der Waals surface area (Å²) in [4.78, 5) is 16.2. The third kappa shape index (κ3) is 3.80. The molecule has 0 atom stereocenters. The number of halogens is 1. The maximum absolute atomic E-state index is 12.0. The average Bonchev–Trinajstić information content (AvgIpc) is 3.03. The van der Waals surface area contributed by atoms with Gasteiger partial charge in [0.15, 0.2) is 12.4 Å². The Morgan fingerprint density at radius 3 is 2.75 bits per heavy atom. The summed E-state index contributed by atoms with van der Waals surface area (Å²) in [5.41, 5.74) is 1.83. The summed E-state index contributed by atoms with van der Waals surface area (Å²) >= 11 is 3.46. The lowest BCUT2D eigenvalue weighted by molar-refractivity contribution is -0.118. The van der Waals surface area contributed by atoms with E-state index in [0.717, 1.165) is 15.6 Å². The second-order valence-corrected chi connectivity index (χ2v) is 5.94. The zero-order chi connectivity index (χ0) is 16.9. The SMILES string of the molecule is Cc1ccccc1OCC(=O)Nc1n[nH]c(-c2ccccc2Br)n1. The molecule has 0 saturated carbocycles. The summed E-state index contributed by atoms with van der Waals surface area (Å²) in [5.74, 6) is 1.13. The van der Waals surface area contributed by atoms with Crippen LogP contribution in [0.25, 0.3) is 11.4 Å². The predicted molar refractivity (Wildman–Crippen MR) is 94.8 cm³/mol. The van der Waals surface area contributed by atoms with Gasteiger partial charge in [0.25, 0.3) is 5.91 Å². The van der Waals surface area contributed by atoms with Gasteiger partial charge in [-0.05, 0) is 24.6 Å². The van der Waals surface area contributed by atoms with E-state index in [1.54, 1.807) is 0 Å². The van der Waals surface area contributed by atoms with Gasteiger partial charge in [0, 0.05) is 10.0 Å². The van der Waals surface area contributed by atoms with E-state index in [0.29, 0.717) is 11.6 Å². The van der Waals surface area contributed by atoms with E-state index in [9.17, 15) is 4.79 Å². The van der Waals surface area contributed by atoms with E-state index >= 15 is 0 Å². The molecule has 2 N–H and O–H groups in total. The zero-order valence-electron chi connectivity index (χ0n) is 12.9. The van der Waals surface area contributed by atoms with Gasteiger partial charge in [-0.25, -0.2) is 0 Å². The largest absolute Gasteiger partial charge is 0.483 e. The molecular weight excluding hydrogens is 372 g/mol. The molecule has 1 amide bonds. The van der Waals surface area contributed by atoms with Crippen LogP contribution in [0.5, 0.6) is 5.75 Å². The van der Waals surface area contributed by atoms with Crippen LogP contribution in [-0.2, 0) is 4.79 Å². The molecule has 0 unspecified atom stereocenters. The Balaban J connectivity index is 1.62. The van der Waals surface area contributed by atoms with Crippen LogP contribution in [-0.4, -0.2) is 27.7 Å². The quantitative estimate of drug-likeness (QED) is 0.702. The van der Waals surface area contributed by atoms with Crippen LogP contribution in [0, 0.1) is 6.92 Å². The molecule has 0 spiro atoms. The topological polar surface area (TPSA) is 79.9 Å². The van der Waals surface area contributed by atoms with Gasteiger partial charge in [-0.1, -0.05) is 52.3 Å². The van der Waals surface area contributed by atoms with Crippen molar-refractivity contribution in [3.05, 3.63) is 58.6 Å². The van der Waals surface area contributed by atoms with Gasteiger partial charge in [0.1, 0.15) is 5.75 Å². The molecule has 24 heavy (non-hydrogen) atoms. The fraction of sp³-hybridized carbons (Fsp3) is 0.118. The molecule has 3 rings (SSSR count). The Bertz CT molecular complexity index is 863. The number of aromatic nitrogens is 3. The smallest absolute Gasteiger partial charge is 0.264 e. The third-order valence-corrected chi connectivity index (χ3v) is 4.01. The van der Waals surface area contributed by atoms with Gasteiger partial charge in [-0.2, -0.15) is 4.98 Å². The minimum Gasteiger partial charge on any atom is -0.483 e. The summed E-state index contributed by atoms with van der Waals surface area (Å²) < 4.78 is 6.39. The Morgan fingerprint density at radius 2 is 1.96 bits per heavy atom. The highest BCUT2D eigenvalue weighted by Crippen LogP contribution is 2.25. The number of carbonyl (C=O) groups is 1. The second-order valence-electron chi connectivity index (χ2n) is 5.09. The highest BCUT2D eigenvalue weighted by atomic mass is 79.9. The van der Waals surface area contributed by atoms with Crippen LogP contribution in [0.4, 0.5) is 5.95 Å². The summed E-state index contributed by atoms with van der Waals surface area (Å²) in [6.45, 7) is 1.82. The van der Waals surface area contributed by atoms with E-state index in [4.69, 9.17) is 4.74 Å². The number of nitrogens with one attached hydrogen (secondary N) is 2. The van der Waals surface area contributed by atoms with Gasteiger partial charge in [0.2, 0.25) is 5.95 Å². The molecule has 1 aromatic heterocycles. The first-order valence-electron chi connectivity index (χ1n) is 7.29. The predicted octanol–water partition coefficient (Wildman–Crippen LogP) is 3.56. The molecule has 6 nitrogen and oxygen atoms in total. The first-order chi connectivity index (χ1) is 11.6. The number of hydrogen-bond donors (Lipinski definition) is 2. The number of nitrogens with zero attached hydrogens (tertiary/aromatic N) is 2. The molecular formula is C17H15BrN4O2. The first kappa shape index (κ1) is 16.2.